The van der Waals surface area contributed by atoms with Crippen molar-refractivity contribution in [3.63, 3.8) is 0 Å². The molecular weight excluding hydrogens is 387 g/mol. The number of hydrogen-bond acceptors (Lipinski definition) is 4. The average molecular weight is 400 g/mol. The SMILES string of the molecule is COc1ccc(/C=N\NC(=O)C(=O)Nc2cccc(C(F)(F)F)c2)cc1Cl. The minimum absolute atomic E-state index is 0.170. The van der Waals surface area contributed by atoms with E-state index in [1.807, 2.05) is 5.43 Å². The predicted molar refractivity (Wildman–Crippen MR) is 93.8 cm³/mol. The number of carbonyl (C=O) groups excluding carboxylic acids is 2. The predicted octanol–water partition coefficient (Wildman–Crippen LogP) is 3.46. The summed E-state index contributed by atoms with van der Waals surface area (Å²) in [6.07, 6.45) is -3.33. The Labute approximate surface area is 157 Å². The van der Waals surface area contributed by atoms with E-state index in [0.717, 1.165) is 12.1 Å². The molecular formula is C17H13ClF3N3O3. The second-order valence-electron chi connectivity index (χ2n) is 5.13. The number of benzene rings is 2. The standard InChI is InChI=1S/C17H13ClF3N3O3/c1-27-14-6-5-10(7-13(14)18)9-22-24-16(26)15(25)23-12-4-2-3-11(8-12)17(19,20)21/h2-9H,1H3,(H,23,25)(H,24,26)/b22-9-. The van der Waals surface area contributed by atoms with E-state index in [1.54, 1.807) is 12.1 Å². The van der Waals surface area contributed by atoms with Crippen molar-refractivity contribution in [2.24, 2.45) is 5.10 Å². The molecule has 0 saturated carbocycles. The van der Waals surface area contributed by atoms with Gasteiger partial charge in [-0.05, 0) is 42.0 Å². The first-order valence-electron chi connectivity index (χ1n) is 7.36. The van der Waals surface area contributed by atoms with Crippen molar-refractivity contribution in [3.05, 3.63) is 58.6 Å². The highest BCUT2D eigenvalue weighted by Gasteiger charge is 2.30. The first-order valence-corrected chi connectivity index (χ1v) is 7.73. The van der Waals surface area contributed by atoms with E-state index >= 15 is 0 Å². The van der Waals surface area contributed by atoms with Crippen molar-refractivity contribution >= 4 is 35.3 Å². The molecule has 2 aromatic carbocycles. The molecule has 2 rings (SSSR count). The second-order valence-corrected chi connectivity index (χ2v) is 5.53. The number of alkyl halides is 3. The van der Waals surface area contributed by atoms with Gasteiger partial charge in [-0.15, -0.1) is 0 Å². The number of hydrogen-bond donors (Lipinski definition) is 2. The van der Waals surface area contributed by atoms with E-state index in [9.17, 15) is 22.8 Å². The van der Waals surface area contributed by atoms with Gasteiger partial charge in [0.2, 0.25) is 0 Å². The molecule has 0 saturated heterocycles. The van der Waals surface area contributed by atoms with Crippen LogP contribution in [0.3, 0.4) is 0 Å². The Bertz CT molecular complexity index is 885. The van der Waals surface area contributed by atoms with E-state index in [-0.39, 0.29) is 5.69 Å². The lowest BCUT2D eigenvalue weighted by Gasteiger charge is -2.09. The van der Waals surface area contributed by atoms with Crippen molar-refractivity contribution in [1.82, 2.24) is 5.43 Å². The third-order valence-corrected chi connectivity index (χ3v) is 3.50. The molecule has 0 spiro atoms. The smallest absolute Gasteiger partial charge is 0.416 e. The summed E-state index contributed by atoms with van der Waals surface area (Å²) in [5.41, 5.74) is 1.37. The average Bonchev–Trinajstić information content (AvgIpc) is 2.61. The highest BCUT2D eigenvalue weighted by molar-refractivity contribution is 6.39. The summed E-state index contributed by atoms with van der Waals surface area (Å²) in [4.78, 5) is 23.4. The van der Waals surface area contributed by atoms with Crippen LogP contribution in [0.4, 0.5) is 18.9 Å². The van der Waals surface area contributed by atoms with Crippen LogP contribution < -0.4 is 15.5 Å². The summed E-state index contributed by atoms with van der Waals surface area (Å²) in [6, 6.07) is 8.63. The van der Waals surface area contributed by atoms with E-state index < -0.39 is 23.6 Å². The number of nitrogens with one attached hydrogen (secondary N) is 2. The van der Waals surface area contributed by atoms with Gasteiger partial charge in [0, 0.05) is 5.69 Å². The zero-order valence-electron chi connectivity index (χ0n) is 13.8. The normalized spacial score (nSPS) is 11.3. The Kier molecular flexibility index (Phi) is 6.40. The molecule has 0 unspecified atom stereocenters. The number of hydrazone groups is 1. The maximum Gasteiger partial charge on any atom is 0.416 e. The molecule has 6 nitrogen and oxygen atoms in total. The molecule has 0 aliphatic heterocycles. The van der Waals surface area contributed by atoms with Gasteiger partial charge in [-0.1, -0.05) is 17.7 Å². The minimum Gasteiger partial charge on any atom is -0.495 e. The van der Waals surface area contributed by atoms with Crippen LogP contribution in [0.15, 0.2) is 47.6 Å². The van der Waals surface area contributed by atoms with Gasteiger partial charge < -0.3 is 10.1 Å². The third-order valence-electron chi connectivity index (χ3n) is 3.21. The van der Waals surface area contributed by atoms with Gasteiger partial charge in [0.25, 0.3) is 0 Å². The maximum atomic E-state index is 12.6. The molecule has 0 aliphatic carbocycles. The zero-order chi connectivity index (χ0) is 20.0. The molecule has 27 heavy (non-hydrogen) atoms. The van der Waals surface area contributed by atoms with Crippen molar-refractivity contribution in [2.45, 2.75) is 6.18 Å². The summed E-state index contributed by atoms with van der Waals surface area (Å²) >= 11 is 5.94. The number of halogens is 4. The molecule has 0 radical (unpaired) electrons. The molecule has 0 aromatic heterocycles. The zero-order valence-corrected chi connectivity index (χ0v) is 14.6. The van der Waals surface area contributed by atoms with Crippen LogP contribution in [0.2, 0.25) is 5.02 Å². The highest BCUT2D eigenvalue weighted by atomic mass is 35.5. The fourth-order valence-corrected chi connectivity index (χ4v) is 2.21. The third kappa shape index (κ3) is 5.71. The lowest BCUT2D eigenvalue weighted by atomic mass is 10.2. The van der Waals surface area contributed by atoms with Crippen molar-refractivity contribution < 1.29 is 27.5 Å². The number of amides is 2. The summed E-state index contributed by atoms with van der Waals surface area (Å²) in [7, 11) is 1.46. The highest BCUT2D eigenvalue weighted by Crippen LogP contribution is 2.30. The van der Waals surface area contributed by atoms with E-state index in [4.69, 9.17) is 16.3 Å². The summed E-state index contributed by atoms with van der Waals surface area (Å²) in [6.45, 7) is 0. The topological polar surface area (TPSA) is 79.8 Å². The van der Waals surface area contributed by atoms with Crippen LogP contribution in [0.25, 0.3) is 0 Å². The number of carbonyl (C=O) groups is 2. The first-order chi connectivity index (χ1) is 12.7. The second kappa shape index (κ2) is 8.54. The Hall–Kier alpha value is -3.07. The number of anilines is 1. The monoisotopic (exact) mass is 399 g/mol. The Morgan fingerprint density at radius 3 is 2.52 bits per heavy atom. The fraction of sp³-hybridized carbons (Fsp3) is 0.118. The number of ether oxygens (including phenoxy) is 1. The number of methoxy groups -OCH3 is 1. The van der Waals surface area contributed by atoms with Gasteiger partial charge in [-0.3, -0.25) is 9.59 Å². The number of rotatable bonds is 4. The molecule has 0 atom stereocenters. The van der Waals surface area contributed by atoms with Gasteiger partial charge in [-0.25, -0.2) is 5.43 Å². The van der Waals surface area contributed by atoms with Gasteiger partial charge in [0.15, 0.2) is 0 Å². The Balaban J connectivity index is 1.96. The number of nitrogens with zero attached hydrogens (tertiary/aromatic N) is 1. The molecule has 142 valence electrons. The van der Waals surface area contributed by atoms with Crippen molar-refractivity contribution in [1.29, 1.82) is 0 Å². The van der Waals surface area contributed by atoms with Crippen LogP contribution in [0.5, 0.6) is 5.75 Å². The van der Waals surface area contributed by atoms with Gasteiger partial charge >= 0.3 is 18.0 Å². The maximum absolute atomic E-state index is 12.6. The summed E-state index contributed by atoms with van der Waals surface area (Å²) < 4.78 is 42.9. The van der Waals surface area contributed by atoms with E-state index in [0.29, 0.717) is 22.4 Å². The molecule has 2 amide bonds. The van der Waals surface area contributed by atoms with E-state index in [2.05, 4.69) is 10.4 Å². The van der Waals surface area contributed by atoms with Gasteiger partial charge in [0.1, 0.15) is 5.75 Å². The lowest BCUT2D eigenvalue weighted by Crippen LogP contribution is -2.32. The largest absolute Gasteiger partial charge is 0.495 e. The van der Waals surface area contributed by atoms with Crippen LogP contribution >= 0.6 is 11.6 Å². The van der Waals surface area contributed by atoms with Crippen LogP contribution in [-0.4, -0.2) is 25.1 Å². The summed E-state index contributed by atoms with van der Waals surface area (Å²) in [5.74, 6) is -1.86. The van der Waals surface area contributed by atoms with Gasteiger partial charge in [-0.2, -0.15) is 18.3 Å². The molecule has 0 fully saturated rings. The van der Waals surface area contributed by atoms with Crippen molar-refractivity contribution in [2.75, 3.05) is 12.4 Å². The Morgan fingerprint density at radius 1 is 1.15 bits per heavy atom. The molecule has 0 bridgehead atoms. The minimum atomic E-state index is -4.56. The van der Waals surface area contributed by atoms with Crippen molar-refractivity contribution in [3.8, 4) is 5.75 Å². The van der Waals surface area contributed by atoms with E-state index in [1.165, 1.54) is 25.5 Å². The van der Waals surface area contributed by atoms with Crippen LogP contribution in [-0.2, 0) is 15.8 Å². The Morgan fingerprint density at radius 2 is 1.89 bits per heavy atom. The molecule has 2 aromatic rings. The fourth-order valence-electron chi connectivity index (χ4n) is 1.94. The first kappa shape index (κ1) is 20.2. The molecule has 2 N–H and O–H groups in total. The molecule has 0 aliphatic rings. The van der Waals surface area contributed by atoms with Gasteiger partial charge in [0.05, 0.1) is 23.9 Å². The van der Waals surface area contributed by atoms with Crippen LogP contribution in [0, 0.1) is 0 Å². The molecule has 10 heteroatoms. The molecule has 0 heterocycles. The van der Waals surface area contributed by atoms with Crippen LogP contribution in [0.1, 0.15) is 11.1 Å². The summed E-state index contributed by atoms with van der Waals surface area (Å²) in [5, 5.41) is 5.99. The lowest BCUT2D eigenvalue weighted by molar-refractivity contribution is -0.137. The quantitative estimate of drug-likeness (QED) is 0.469.